The van der Waals surface area contributed by atoms with E-state index < -0.39 is 5.60 Å². The van der Waals surface area contributed by atoms with Gasteiger partial charge in [0.2, 0.25) is 0 Å². The maximum Gasteiger partial charge on any atom is 0.410 e. The second-order valence-corrected chi connectivity index (χ2v) is 14.0. The molecule has 1 aromatic heterocycles. The largest absolute Gasteiger partial charge is 0.462 e. The van der Waals surface area contributed by atoms with E-state index in [1.165, 1.54) is 12.0 Å². The summed E-state index contributed by atoms with van der Waals surface area (Å²) in [5, 5.41) is 2.96. The van der Waals surface area contributed by atoms with Gasteiger partial charge in [-0.3, -0.25) is 0 Å². The highest BCUT2D eigenvalue weighted by atomic mass is 35.5. The highest BCUT2D eigenvalue weighted by Crippen LogP contribution is 2.37. The molecule has 1 unspecified atom stereocenters. The Labute approximate surface area is 266 Å². The van der Waals surface area contributed by atoms with Crippen LogP contribution in [0.2, 0.25) is 5.02 Å². The van der Waals surface area contributed by atoms with Gasteiger partial charge >= 0.3 is 12.1 Å². The highest BCUT2D eigenvalue weighted by molar-refractivity contribution is 6.36. The van der Waals surface area contributed by atoms with E-state index >= 15 is 0 Å². The second kappa shape index (κ2) is 12.6. The second-order valence-electron chi connectivity index (χ2n) is 13.6. The third-order valence-corrected chi connectivity index (χ3v) is 9.42. The van der Waals surface area contributed by atoms with Crippen LogP contribution in [0.3, 0.4) is 0 Å². The minimum Gasteiger partial charge on any atom is -0.462 e. The molecule has 0 aliphatic carbocycles. The molecule has 2 aromatic carbocycles. The van der Waals surface area contributed by atoms with Crippen LogP contribution in [0.15, 0.2) is 36.4 Å². The molecule has 2 saturated heterocycles. The van der Waals surface area contributed by atoms with Crippen molar-refractivity contribution in [3.63, 3.8) is 0 Å². The Balaban J connectivity index is 1.24. The number of hydrogen-bond donors (Lipinski definition) is 0. The number of nitrogens with zero attached hydrogens (tertiary/aromatic N) is 6. The van der Waals surface area contributed by atoms with Crippen LogP contribution < -0.4 is 14.5 Å². The van der Waals surface area contributed by atoms with Gasteiger partial charge in [0.05, 0.1) is 17.3 Å². The molecule has 0 spiro atoms. The average Bonchev–Trinajstić information content (AvgIpc) is 3.63. The zero-order valence-corrected chi connectivity index (χ0v) is 27.4. The molecule has 0 radical (unpaired) electrons. The smallest absolute Gasteiger partial charge is 0.410 e. The lowest BCUT2D eigenvalue weighted by atomic mass is 10.0. The number of likely N-dealkylation sites (tertiary alicyclic amines) is 2. The molecular weight excluding hydrogens is 576 g/mol. The number of likely N-dealkylation sites (N-methyl/N-ethyl adjacent to an activating group) is 1. The van der Waals surface area contributed by atoms with Crippen molar-refractivity contribution in [1.29, 1.82) is 0 Å². The van der Waals surface area contributed by atoms with Crippen molar-refractivity contribution in [2.75, 3.05) is 63.2 Å². The van der Waals surface area contributed by atoms with Crippen LogP contribution in [0.4, 0.5) is 16.3 Å². The highest BCUT2D eigenvalue weighted by Gasteiger charge is 2.32. The third kappa shape index (κ3) is 6.69. The van der Waals surface area contributed by atoms with E-state index in [9.17, 15) is 4.79 Å². The number of benzene rings is 2. The van der Waals surface area contributed by atoms with Gasteiger partial charge in [-0.25, -0.2) is 4.79 Å². The van der Waals surface area contributed by atoms with E-state index in [0.717, 1.165) is 71.9 Å². The molecule has 6 rings (SSSR count). The maximum atomic E-state index is 12.7. The molecule has 4 heterocycles. The van der Waals surface area contributed by atoms with Crippen LogP contribution in [0.1, 0.15) is 51.3 Å². The first-order valence-electron chi connectivity index (χ1n) is 15.9. The number of carbonyl (C=O) groups excluding carboxylic acids is 1. The van der Waals surface area contributed by atoms with Crippen molar-refractivity contribution >= 4 is 40.0 Å². The van der Waals surface area contributed by atoms with Crippen molar-refractivity contribution in [3.8, 4) is 6.01 Å². The summed E-state index contributed by atoms with van der Waals surface area (Å²) in [6.07, 6.45) is 3.83. The van der Waals surface area contributed by atoms with Crippen LogP contribution in [-0.2, 0) is 17.7 Å². The molecule has 2 fully saturated rings. The van der Waals surface area contributed by atoms with Crippen LogP contribution in [0, 0.1) is 5.92 Å². The molecule has 0 bridgehead atoms. The fraction of sp³-hybridized carbons (Fsp3) is 0.559. The lowest BCUT2D eigenvalue weighted by molar-refractivity contribution is 0.0288. The third-order valence-electron chi connectivity index (χ3n) is 9.10. The summed E-state index contributed by atoms with van der Waals surface area (Å²) in [6, 6.07) is 13.2. The molecule has 10 heteroatoms. The summed E-state index contributed by atoms with van der Waals surface area (Å²) >= 11 is 6.72. The Hall–Kier alpha value is -3.30. The molecular formula is C34H45ClN6O3. The summed E-state index contributed by atoms with van der Waals surface area (Å²) in [5.74, 6) is 1.25. The molecule has 236 valence electrons. The van der Waals surface area contributed by atoms with Crippen molar-refractivity contribution in [2.24, 2.45) is 5.92 Å². The first-order chi connectivity index (χ1) is 21.1. The summed E-state index contributed by atoms with van der Waals surface area (Å²) in [7, 11) is 4.26. The summed E-state index contributed by atoms with van der Waals surface area (Å²) in [6.45, 7) is 11.1. The lowest BCUT2D eigenvalue weighted by Crippen LogP contribution is -2.37. The number of hydrogen-bond acceptors (Lipinski definition) is 8. The minimum absolute atomic E-state index is 0.233. The Bertz CT molecular complexity index is 1510. The van der Waals surface area contributed by atoms with Gasteiger partial charge in [-0.15, -0.1) is 0 Å². The molecule has 0 saturated carbocycles. The standard InChI is InChI=1S/C34H45ClN6O3/c1-34(2,3)44-33(42)41-17-14-23(20-41)19-39(5)31-26-15-18-40(29-13-7-10-24-9-6-12-27(35)30(24)29)21-28(26)36-32(37-31)43-22-25-11-8-16-38(25)4/h6-7,9-10,12-13,23,25H,8,11,14-22H2,1-5H3/t23?,25-/m0/s1. The average molecular weight is 621 g/mol. The molecule has 3 aliphatic heterocycles. The van der Waals surface area contributed by atoms with Gasteiger partial charge in [-0.1, -0.05) is 35.9 Å². The van der Waals surface area contributed by atoms with Crippen molar-refractivity contribution in [2.45, 2.75) is 64.6 Å². The zero-order valence-electron chi connectivity index (χ0n) is 26.7. The zero-order chi connectivity index (χ0) is 31.0. The molecule has 44 heavy (non-hydrogen) atoms. The fourth-order valence-electron chi connectivity index (χ4n) is 6.82. The number of amides is 1. The van der Waals surface area contributed by atoms with Gasteiger partial charge in [0.25, 0.3) is 0 Å². The van der Waals surface area contributed by atoms with Crippen LogP contribution in [0.5, 0.6) is 6.01 Å². The Morgan fingerprint density at radius 2 is 1.89 bits per heavy atom. The number of halogens is 1. The van der Waals surface area contributed by atoms with Crippen molar-refractivity contribution < 1.29 is 14.3 Å². The van der Waals surface area contributed by atoms with E-state index in [0.29, 0.717) is 44.2 Å². The van der Waals surface area contributed by atoms with Crippen LogP contribution >= 0.6 is 11.6 Å². The number of fused-ring (bicyclic) bond motifs is 2. The predicted molar refractivity (Wildman–Crippen MR) is 176 cm³/mol. The van der Waals surface area contributed by atoms with Gasteiger partial charge < -0.3 is 29.1 Å². The van der Waals surface area contributed by atoms with E-state index in [2.05, 4.69) is 53.1 Å². The normalized spacial score (nSPS) is 20.7. The lowest BCUT2D eigenvalue weighted by Gasteiger charge is -2.34. The molecule has 2 atom stereocenters. The molecule has 1 amide bonds. The number of anilines is 2. The fourth-order valence-corrected chi connectivity index (χ4v) is 7.10. The topological polar surface area (TPSA) is 74.3 Å². The molecule has 9 nitrogen and oxygen atoms in total. The number of ether oxygens (including phenoxy) is 2. The van der Waals surface area contributed by atoms with Crippen molar-refractivity contribution in [1.82, 2.24) is 19.8 Å². The van der Waals surface area contributed by atoms with Gasteiger partial charge in [0.1, 0.15) is 18.0 Å². The summed E-state index contributed by atoms with van der Waals surface area (Å²) in [5.41, 5.74) is 2.78. The van der Waals surface area contributed by atoms with Crippen LogP contribution in [0.25, 0.3) is 10.8 Å². The minimum atomic E-state index is -0.499. The van der Waals surface area contributed by atoms with Gasteiger partial charge in [0.15, 0.2) is 0 Å². The number of rotatable bonds is 7. The van der Waals surface area contributed by atoms with E-state index in [1.54, 1.807) is 0 Å². The number of aromatic nitrogens is 2. The summed E-state index contributed by atoms with van der Waals surface area (Å²) < 4.78 is 11.9. The monoisotopic (exact) mass is 620 g/mol. The van der Waals surface area contributed by atoms with E-state index in [1.807, 2.05) is 37.8 Å². The Morgan fingerprint density at radius 3 is 2.64 bits per heavy atom. The summed E-state index contributed by atoms with van der Waals surface area (Å²) in [4.78, 5) is 31.5. The first-order valence-corrected chi connectivity index (χ1v) is 16.3. The SMILES string of the molecule is CN(CC1CCN(C(=O)OC(C)(C)C)C1)c1nc(OC[C@@H]2CCCN2C)nc2c1CCN(c1cccc3cccc(Cl)c13)C2. The molecule has 3 aliphatic rings. The van der Waals surface area contributed by atoms with Crippen LogP contribution in [-0.4, -0.2) is 90.9 Å². The predicted octanol–water partition coefficient (Wildman–Crippen LogP) is 6.01. The van der Waals surface area contributed by atoms with Gasteiger partial charge in [-0.05, 0) is 83.5 Å². The first kappa shape index (κ1) is 30.7. The quantitative estimate of drug-likeness (QED) is 0.318. The van der Waals surface area contributed by atoms with E-state index in [4.69, 9.17) is 31.0 Å². The van der Waals surface area contributed by atoms with Gasteiger partial charge in [0, 0.05) is 55.9 Å². The Kier molecular flexibility index (Phi) is 8.79. The number of carbonyl (C=O) groups is 1. The van der Waals surface area contributed by atoms with Crippen molar-refractivity contribution in [3.05, 3.63) is 52.7 Å². The van der Waals surface area contributed by atoms with Gasteiger partial charge in [-0.2, -0.15) is 9.97 Å². The molecule has 3 aromatic rings. The Morgan fingerprint density at radius 1 is 1.09 bits per heavy atom. The molecule has 0 N–H and O–H groups in total. The maximum absolute atomic E-state index is 12.7. The van der Waals surface area contributed by atoms with E-state index in [-0.39, 0.29) is 6.09 Å².